The van der Waals surface area contributed by atoms with E-state index in [1.807, 2.05) is 6.92 Å². The molecular formula is C9H14O3. The molecule has 2 aliphatic rings. The van der Waals surface area contributed by atoms with Crippen LogP contribution in [0.25, 0.3) is 0 Å². The first-order valence-electron chi connectivity index (χ1n) is 4.55. The summed E-state index contributed by atoms with van der Waals surface area (Å²) in [6.07, 6.45) is 1.23. The van der Waals surface area contributed by atoms with Crippen LogP contribution in [-0.4, -0.2) is 23.8 Å². The van der Waals surface area contributed by atoms with E-state index in [4.69, 9.17) is 4.74 Å². The second-order valence-electron chi connectivity index (χ2n) is 3.89. The molecule has 1 aliphatic carbocycles. The van der Waals surface area contributed by atoms with Crippen LogP contribution in [0.4, 0.5) is 0 Å². The molecule has 0 aromatic heterocycles. The van der Waals surface area contributed by atoms with Crippen molar-refractivity contribution < 1.29 is 14.6 Å². The Morgan fingerprint density at radius 2 is 2.33 bits per heavy atom. The molecule has 0 bridgehead atoms. The van der Waals surface area contributed by atoms with Gasteiger partial charge < -0.3 is 9.84 Å². The van der Waals surface area contributed by atoms with Crippen molar-refractivity contribution in [3.05, 3.63) is 0 Å². The van der Waals surface area contributed by atoms with Crippen LogP contribution in [0.3, 0.4) is 0 Å². The second kappa shape index (κ2) is 2.73. The number of ether oxygens (including phenoxy) is 1. The predicted octanol–water partition coefficient (Wildman–Crippen LogP) is 0.566. The summed E-state index contributed by atoms with van der Waals surface area (Å²) < 4.78 is 4.94. The third-order valence-corrected chi connectivity index (χ3v) is 3.29. The molecule has 0 aromatic carbocycles. The number of rotatable bonds is 0. The summed E-state index contributed by atoms with van der Waals surface area (Å²) in [5.41, 5.74) is 0. The van der Waals surface area contributed by atoms with E-state index < -0.39 is 0 Å². The fraction of sp³-hybridized carbons (Fsp3) is 0.889. The van der Waals surface area contributed by atoms with Crippen LogP contribution in [0.5, 0.6) is 0 Å². The van der Waals surface area contributed by atoms with E-state index in [1.54, 1.807) is 0 Å². The maximum Gasteiger partial charge on any atom is 0.309 e. The minimum atomic E-state index is -0.300. The summed E-state index contributed by atoms with van der Waals surface area (Å²) in [6.45, 7) is 2.56. The van der Waals surface area contributed by atoms with E-state index in [9.17, 15) is 9.90 Å². The summed E-state index contributed by atoms with van der Waals surface area (Å²) in [7, 11) is 0. The normalized spacial score (nSPS) is 47.0. The molecule has 3 nitrogen and oxygen atoms in total. The SMILES string of the molecule is CC1C(O)CC2C(=O)OCCC21. The quantitative estimate of drug-likeness (QED) is 0.540. The smallest absolute Gasteiger partial charge is 0.309 e. The molecule has 0 radical (unpaired) electrons. The lowest BCUT2D eigenvalue weighted by molar-refractivity contribution is -0.155. The molecule has 0 aromatic rings. The minimum Gasteiger partial charge on any atom is -0.465 e. The van der Waals surface area contributed by atoms with E-state index >= 15 is 0 Å². The van der Waals surface area contributed by atoms with Crippen LogP contribution in [0.1, 0.15) is 19.8 Å². The molecule has 0 spiro atoms. The fourth-order valence-electron chi connectivity index (χ4n) is 2.44. The van der Waals surface area contributed by atoms with E-state index in [2.05, 4.69) is 0 Å². The summed E-state index contributed by atoms with van der Waals surface area (Å²) in [5, 5.41) is 9.54. The summed E-state index contributed by atoms with van der Waals surface area (Å²) in [5.74, 6) is 0.502. The first-order valence-corrected chi connectivity index (χ1v) is 4.55. The molecule has 1 N–H and O–H groups in total. The van der Waals surface area contributed by atoms with Crippen LogP contribution in [-0.2, 0) is 9.53 Å². The number of aliphatic hydroxyl groups is 1. The van der Waals surface area contributed by atoms with Gasteiger partial charge in [0.1, 0.15) is 0 Å². The monoisotopic (exact) mass is 170 g/mol. The van der Waals surface area contributed by atoms with Crippen molar-refractivity contribution in [2.45, 2.75) is 25.9 Å². The van der Waals surface area contributed by atoms with Gasteiger partial charge in [0.25, 0.3) is 0 Å². The number of carbonyl (C=O) groups is 1. The Morgan fingerprint density at radius 3 is 3.00 bits per heavy atom. The zero-order chi connectivity index (χ0) is 8.72. The third kappa shape index (κ3) is 1.04. The Hall–Kier alpha value is -0.570. The average Bonchev–Trinajstić information content (AvgIpc) is 2.32. The summed E-state index contributed by atoms with van der Waals surface area (Å²) in [6, 6.07) is 0. The molecule has 1 heterocycles. The molecule has 1 saturated carbocycles. The largest absolute Gasteiger partial charge is 0.465 e. The molecule has 1 saturated heterocycles. The number of cyclic esters (lactones) is 1. The molecule has 4 atom stereocenters. The maximum atomic E-state index is 11.2. The molecule has 3 heteroatoms. The van der Waals surface area contributed by atoms with Gasteiger partial charge in [0.15, 0.2) is 0 Å². The highest BCUT2D eigenvalue weighted by Gasteiger charge is 2.46. The summed E-state index contributed by atoms with van der Waals surface area (Å²) in [4.78, 5) is 11.2. The van der Waals surface area contributed by atoms with E-state index in [1.165, 1.54) is 0 Å². The first-order chi connectivity index (χ1) is 5.70. The molecule has 0 amide bonds. The van der Waals surface area contributed by atoms with Gasteiger partial charge in [0.05, 0.1) is 18.6 Å². The molecule has 12 heavy (non-hydrogen) atoms. The van der Waals surface area contributed by atoms with Crippen molar-refractivity contribution in [1.29, 1.82) is 0 Å². The highest BCUT2D eigenvalue weighted by atomic mass is 16.5. The van der Waals surface area contributed by atoms with Gasteiger partial charge >= 0.3 is 5.97 Å². The molecule has 4 unspecified atom stereocenters. The highest BCUT2D eigenvalue weighted by molar-refractivity contribution is 5.74. The van der Waals surface area contributed by atoms with Gasteiger partial charge in [-0.25, -0.2) is 0 Å². The fourth-order valence-corrected chi connectivity index (χ4v) is 2.44. The zero-order valence-corrected chi connectivity index (χ0v) is 7.19. The van der Waals surface area contributed by atoms with Crippen LogP contribution in [0.2, 0.25) is 0 Å². The van der Waals surface area contributed by atoms with Gasteiger partial charge in [0, 0.05) is 0 Å². The van der Waals surface area contributed by atoms with Crippen molar-refractivity contribution in [1.82, 2.24) is 0 Å². The number of hydrogen-bond acceptors (Lipinski definition) is 3. The lowest BCUT2D eigenvalue weighted by Gasteiger charge is -2.26. The van der Waals surface area contributed by atoms with E-state index in [0.717, 1.165) is 6.42 Å². The number of esters is 1. The Labute approximate surface area is 71.7 Å². The van der Waals surface area contributed by atoms with Gasteiger partial charge in [-0.2, -0.15) is 0 Å². The molecule has 1 aliphatic heterocycles. The lowest BCUT2D eigenvalue weighted by Crippen LogP contribution is -2.30. The van der Waals surface area contributed by atoms with Crippen molar-refractivity contribution in [3.63, 3.8) is 0 Å². The Bertz CT molecular complexity index is 202. The maximum absolute atomic E-state index is 11.2. The standard InChI is InChI=1S/C9H14O3/c1-5-6-2-3-12-9(11)7(6)4-8(5)10/h5-8,10H,2-4H2,1H3. The van der Waals surface area contributed by atoms with Crippen molar-refractivity contribution in [3.8, 4) is 0 Å². The van der Waals surface area contributed by atoms with Gasteiger partial charge in [0.2, 0.25) is 0 Å². The molecule has 2 rings (SSSR count). The van der Waals surface area contributed by atoms with Gasteiger partial charge in [-0.3, -0.25) is 4.79 Å². The van der Waals surface area contributed by atoms with Crippen molar-refractivity contribution >= 4 is 5.97 Å². The van der Waals surface area contributed by atoms with Crippen LogP contribution in [0.15, 0.2) is 0 Å². The van der Waals surface area contributed by atoms with E-state index in [0.29, 0.717) is 18.9 Å². The number of carbonyl (C=O) groups excluding carboxylic acids is 1. The Morgan fingerprint density at radius 1 is 1.58 bits per heavy atom. The molecule has 68 valence electrons. The van der Waals surface area contributed by atoms with Crippen LogP contribution >= 0.6 is 0 Å². The van der Waals surface area contributed by atoms with Gasteiger partial charge in [-0.05, 0) is 24.7 Å². The Balaban J connectivity index is 2.16. The van der Waals surface area contributed by atoms with Crippen molar-refractivity contribution in [2.75, 3.05) is 6.61 Å². The number of fused-ring (bicyclic) bond motifs is 1. The predicted molar refractivity (Wildman–Crippen MR) is 42.3 cm³/mol. The Kier molecular flexibility index (Phi) is 1.83. The topological polar surface area (TPSA) is 46.5 Å². The number of aliphatic hydroxyl groups excluding tert-OH is 1. The average molecular weight is 170 g/mol. The molecular weight excluding hydrogens is 156 g/mol. The zero-order valence-electron chi connectivity index (χ0n) is 7.19. The van der Waals surface area contributed by atoms with Crippen molar-refractivity contribution in [2.24, 2.45) is 17.8 Å². The van der Waals surface area contributed by atoms with Gasteiger partial charge in [-0.15, -0.1) is 0 Å². The number of hydrogen-bond donors (Lipinski definition) is 1. The first kappa shape index (κ1) is 8.05. The third-order valence-electron chi connectivity index (χ3n) is 3.29. The second-order valence-corrected chi connectivity index (χ2v) is 3.89. The van der Waals surface area contributed by atoms with E-state index in [-0.39, 0.29) is 23.9 Å². The van der Waals surface area contributed by atoms with Gasteiger partial charge in [-0.1, -0.05) is 6.92 Å². The highest BCUT2D eigenvalue weighted by Crippen LogP contribution is 2.41. The summed E-state index contributed by atoms with van der Waals surface area (Å²) >= 11 is 0. The lowest BCUT2D eigenvalue weighted by atomic mass is 9.86. The van der Waals surface area contributed by atoms with Crippen LogP contribution < -0.4 is 0 Å². The van der Waals surface area contributed by atoms with Crippen LogP contribution in [0, 0.1) is 17.8 Å². The minimum absolute atomic E-state index is 0.0243. The molecule has 2 fully saturated rings.